The second kappa shape index (κ2) is 7.65. The zero-order valence-electron chi connectivity index (χ0n) is 16.0. The first-order valence-electron chi connectivity index (χ1n) is 9.59. The maximum absolute atomic E-state index is 11.1. The summed E-state index contributed by atoms with van der Waals surface area (Å²) >= 11 is 0. The molecule has 1 heterocycles. The van der Waals surface area contributed by atoms with E-state index in [0.717, 1.165) is 17.9 Å². The predicted octanol–water partition coefficient (Wildman–Crippen LogP) is 3.41. The van der Waals surface area contributed by atoms with Gasteiger partial charge in [0.2, 0.25) is 0 Å². The highest BCUT2D eigenvalue weighted by Crippen LogP contribution is 2.37. The van der Waals surface area contributed by atoms with Crippen molar-refractivity contribution in [3.8, 4) is 5.75 Å². The summed E-state index contributed by atoms with van der Waals surface area (Å²) in [5, 5.41) is 11.1. The Balaban J connectivity index is 1.60. The van der Waals surface area contributed by atoms with Gasteiger partial charge in [-0.3, -0.25) is 4.90 Å². The van der Waals surface area contributed by atoms with Crippen molar-refractivity contribution in [2.75, 3.05) is 32.9 Å². The van der Waals surface area contributed by atoms with E-state index in [9.17, 15) is 5.11 Å². The van der Waals surface area contributed by atoms with Gasteiger partial charge < -0.3 is 14.6 Å². The number of β-amino-alcohol motifs (C(OH)–C–C–N with tert-alkyl or cyclic N) is 1. The van der Waals surface area contributed by atoms with E-state index in [1.54, 1.807) is 0 Å². The van der Waals surface area contributed by atoms with Crippen LogP contribution in [0.3, 0.4) is 0 Å². The standard InChI is InChI=1S/C21H33NO3/c1-17-5-4-6-19(13-17)25-16-21(23)14-22(11-12-24-15-21)18-7-9-20(2,3)10-8-18/h4-6,13,18,23H,7-12,14-16H2,1-3H3. The third kappa shape index (κ3) is 5.19. The summed E-state index contributed by atoms with van der Waals surface area (Å²) in [6.07, 6.45) is 4.93. The van der Waals surface area contributed by atoms with Crippen molar-refractivity contribution in [3.63, 3.8) is 0 Å². The van der Waals surface area contributed by atoms with Crippen LogP contribution in [0.1, 0.15) is 45.1 Å². The highest BCUT2D eigenvalue weighted by Gasteiger charge is 2.38. The van der Waals surface area contributed by atoms with Crippen LogP contribution in [0.5, 0.6) is 5.75 Å². The molecule has 1 aromatic rings. The molecule has 0 aromatic heterocycles. The number of nitrogens with zero attached hydrogens (tertiary/aromatic N) is 1. The molecule has 1 saturated heterocycles. The van der Waals surface area contributed by atoms with E-state index in [2.05, 4.69) is 18.7 Å². The maximum Gasteiger partial charge on any atom is 0.134 e. The molecule has 1 atom stereocenters. The first-order valence-corrected chi connectivity index (χ1v) is 9.59. The predicted molar refractivity (Wildman–Crippen MR) is 100 cm³/mol. The van der Waals surface area contributed by atoms with Gasteiger partial charge in [0.05, 0.1) is 13.2 Å². The van der Waals surface area contributed by atoms with Crippen LogP contribution in [0.25, 0.3) is 0 Å². The summed E-state index contributed by atoms with van der Waals surface area (Å²) in [5.41, 5.74) is 0.671. The van der Waals surface area contributed by atoms with Crippen LogP contribution in [0.2, 0.25) is 0 Å². The van der Waals surface area contributed by atoms with E-state index in [-0.39, 0.29) is 6.61 Å². The summed E-state index contributed by atoms with van der Waals surface area (Å²) in [4.78, 5) is 2.43. The van der Waals surface area contributed by atoms with Crippen LogP contribution < -0.4 is 4.74 Å². The average Bonchev–Trinajstić information content (AvgIpc) is 2.76. The minimum atomic E-state index is -0.951. The lowest BCUT2D eigenvalue weighted by molar-refractivity contribution is -0.0691. The molecule has 0 radical (unpaired) electrons. The quantitative estimate of drug-likeness (QED) is 0.906. The monoisotopic (exact) mass is 347 g/mol. The van der Waals surface area contributed by atoms with Gasteiger partial charge in [-0.2, -0.15) is 0 Å². The minimum absolute atomic E-state index is 0.269. The number of aryl methyl sites for hydroxylation is 1. The van der Waals surface area contributed by atoms with Crippen molar-refractivity contribution in [2.24, 2.45) is 5.41 Å². The molecule has 1 aliphatic carbocycles. The van der Waals surface area contributed by atoms with E-state index >= 15 is 0 Å². The minimum Gasteiger partial charge on any atom is -0.490 e. The van der Waals surface area contributed by atoms with Gasteiger partial charge in [0.25, 0.3) is 0 Å². The van der Waals surface area contributed by atoms with E-state index in [4.69, 9.17) is 9.47 Å². The van der Waals surface area contributed by atoms with E-state index in [1.165, 1.54) is 25.7 Å². The van der Waals surface area contributed by atoms with Crippen LogP contribution in [-0.2, 0) is 4.74 Å². The second-order valence-electron chi connectivity index (χ2n) is 8.75. The topological polar surface area (TPSA) is 41.9 Å². The molecule has 2 aliphatic rings. The number of hydrogen-bond donors (Lipinski definition) is 1. The van der Waals surface area contributed by atoms with Crippen LogP contribution in [0.4, 0.5) is 0 Å². The maximum atomic E-state index is 11.1. The fraction of sp³-hybridized carbons (Fsp3) is 0.714. The lowest BCUT2D eigenvalue weighted by atomic mass is 9.75. The third-order valence-electron chi connectivity index (χ3n) is 5.71. The Bertz CT molecular complexity index is 564. The van der Waals surface area contributed by atoms with Gasteiger partial charge in [-0.05, 0) is 55.7 Å². The molecule has 3 rings (SSSR count). The van der Waals surface area contributed by atoms with Crippen molar-refractivity contribution in [3.05, 3.63) is 29.8 Å². The fourth-order valence-electron chi connectivity index (χ4n) is 4.02. The highest BCUT2D eigenvalue weighted by molar-refractivity contribution is 5.27. The van der Waals surface area contributed by atoms with Gasteiger partial charge in [-0.15, -0.1) is 0 Å². The van der Waals surface area contributed by atoms with Crippen LogP contribution in [-0.4, -0.2) is 54.6 Å². The van der Waals surface area contributed by atoms with Crippen molar-refractivity contribution >= 4 is 0 Å². The molecule has 140 valence electrons. The van der Waals surface area contributed by atoms with Crippen LogP contribution >= 0.6 is 0 Å². The second-order valence-corrected chi connectivity index (χ2v) is 8.75. The van der Waals surface area contributed by atoms with Gasteiger partial charge in [-0.1, -0.05) is 26.0 Å². The largest absolute Gasteiger partial charge is 0.490 e. The Morgan fingerprint density at radius 3 is 2.76 bits per heavy atom. The number of aliphatic hydroxyl groups is 1. The Labute approximate surface area is 152 Å². The molecule has 2 fully saturated rings. The number of rotatable bonds is 4. The summed E-state index contributed by atoms with van der Waals surface area (Å²) < 4.78 is 11.6. The lowest BCUT2D eigenvalue weighted by Gasteiger charge is -2.41. The van der Waals surface area contributed by atoms with Gasteiger partial charge in [0.15, 0.2) is 0 Å². The average molecular weight is 347 g/mol. The normalized spacial score (nSPS) is 28.5. The first-order chi connectivity index (χ1) is 11.9. The Hall–Kier alpha value is -1.10. The van der Waals surface area contributed by atoms with Gasteiger partial charge in [0.1, 0.15) is 18.0 Å². The summed E-state index contributed by atoms with van der Waals surface area (Å²) in [6, 6.07) is 8.52. The molecule has 1 N–H and O–H groups in total. The third-order valence-corrected chi connectivity index (χ3v) is 5.71. The molecule has 1 aliphatic heterocycles. The zero-order valence-corrected chi connectivity index (χ0v) is 16.0. The van der Waals surface area contributed by atoms with Gasteiger partial charge in [-0.25, -0.2) is 0 Å². The molecule has 25 heavy (non-hydrogen) atoms. The molecule has 1 aromatic carbocycles. The molecule has 4 nitrogen and oxygen atoms in total. The molecule has 1 unspecified atom stereocenters. The summed E-state index contributed by atoms with van der Waals surface area (Å²) in [5.74, 6) is 0.809. The van der Waals surface area contributed by atoms with Crippen LogP contribution in [0.15, 0.2) is 24.3 Å². The van der Waals surface area contributed by atoms with E-state index in [1.807, 2.05) is 31.2 Å². The molecule has 0 spiro atoms. The first kappa shape index (κ1) is 18.7. The van der Waals surface area contributed by atoms with Gasteiger partial charge >= 0.3 is 0 Å². The number of ether oxygens (including phenoxy) is 2. The van der Waals surface area contributed by atoms with Crippen molar-refractivity contribution in [2.45, 2.75) is 58.1 Å². The molecule has 0 amide bonds. The summed E-state index contributed by atoms with van der Waals surface area (Å²) in [7, 11) is 0. The van der Waals surface area contributed by atoms with E-state index < -0.39 is 5.60 Å². The summed E-state index contributed by atoms with van der Waals surface area (Å²) in [6.45, 7) is 9.59. The number of benzene rings is 1. The van der Waals surface area contributed by atoms with Crippen molar-refractivity contribution in [1.29, 1.82) is 0 Å². The smallest absolute Gasteiger partial charge is 0.134 e. The Morgan fingerprint density at radius 1 is 1.28 bits per heavy atom. The highest BCUT2D eigenvalue weighted by atomic mass is 16.5. The SMILES string of the molecule is Cc1cccc(OCC2(O)COCCN(C3CCC(C)(C)CC3)C2)c1. The number of hydrogen-bond acceptors (Lipinski definition) is 4. The molecular weight excluding hydrogens is 314 g/mol. The molecule has 4 heteroatoms. The zero-order chi connectivity index (χ0) is 17.9. The Kier molecular flexibility index (Phi) is 5.71. The molecular formula is C21H33NO3. The van der Waals surface area contributed by atoms with Crippen molar-refractivity contribution < 1.29 is 14.6 Å². The Morgan fingerprint density at radius 2 is 2.04 bits per heavy atom. The fourth-order valence-corrected chi connectivity index (χ4v) is 4.02. The lowest BCUT2D eigenvalue weighted by Crippen LogP contribution is -2.52. The molecule has 1 saturated carbocycles. The van der Waals surface area contributed by atoms with E-state index in [0.29, 0.717) is 31.2 Å². The van der Waals surface area contributed by atoms with Crippen LogP contribution in [0, 0.1) is 12.3 Å². The van der Waals surface area contributed by atoms with Crippen molar-refractivity contribution in [1.82, 2.24) is 4.90 Å². The molecule has 0 bridgehead atoms. The van der Waals surface area contributed by atoms with Gasteiger partial charge in [0, 0.05) is 19.1 Å².